The van der Waals surface area contributed by atoms with Crippen molar-refractivity contribution in [3.8, 4) is 0 Å². The second-order valence-corrected chi connectivity index (χ2v) is 1.85. The molecule has 0 amide bonds. The molecule has 0 aliphatic rings. The standard InChI is InChI=1S/C5H12N4/c1-3-9(2)5-4-7-8-6/h3-5H2,1-2H3. The van der Waals surface area contributed by atoms with E-state index in [1.807, 2.05) is 7.05 Å². The first kappa shape index (κ1) is 8.27. The van der Waals surface area contributed by atoms with Gasteiger partial charge in [-0.2, -0.15) is 0 Å². The lowest BCUT2D eigenvalue weighted by molar-refractivity contribution is 0.363. The van der Waals surface area contributed by atoms with Crippen molar-refractivity contribution in [2.45, 2.75) is 6.92 Å². The van der Waals surface area contributed by atoms with Crippen LogP contribution in [-0.4, -0.2) is 31.6 Å². The Morgan fingerprint density at radius 2 is 2.33 bits per heavy atom. The molecule has 9 heavy (non-hydrogen) atoms. The Labute approximate surface area is 55.1 Å². The van der Waals surface area contributed by atoms with Crippen molar-refractivity contribution in [3.63, 3.8) is 0 Å². The van der Waals surface area contributed by atoms with E-state index in [4.69, 9.17) is 5.53 Å². The Hall–Kier alpha value is -0.730. The molecule has 0 saturated carbocycles. The summed E-state index contributed by atoms with van der Waals surface area (Å²) in [7, 11) is 1.99. The summed E-state index contributed by atoms with van der Waals surface area (Å²) in [4.78, 5) is 4.73. The smallest absolute Gasteiger partial charge is 0.0385 e. The summed E-state index contributed by atoms with van der Waals surface area (Å²) in [6.07, 6.45) is 0. The molecular weight excluding hydrogens is 116 g/mol. The van der Waals surface area contributed by atoms with Crippen molar-refractivity contribution < 1.29 is 0 Å². The minimum Gasteiger partial charge on any atom is -0.307 e. The number of nitrogens with zero attached hydrogens (tertiary/aromatic N) is 4. The van der Waals surface area contributed by atoms with Gasteiger partial charge in [-0.15, -0.1) is 0 Å². The van der Waals surface area contributed by atoms with E-state index in [-0.39, 0.29) is 0 Å². The van der Waals surface area contributed by atoms with Crippen molar-refractivity contribution in [3.05, 3.63) is 10.4 Å². The zero-order valence-electron chi connectivity index (χ0n) is 5.91. The predicted octanol–water partition coefficient (Wildman–Crippen LogP) is 1.25. The van der Waals surface area contributed by atoms with Crippen LogP contribution in [-0.2, 0) is 0 Å². The van der Waals surface area contributed by atoms with Crippen LogP contribution in [0.1, 0.15) is 6.92 Å². The Morgan fingerprint density at radius 3 is 2.78 bits per heavy atom. The van der Waals surface area contributed by atoms with E-state index in [0.717, 1.165) is 13.1 Å². The minimum atomic E-state index is 0.570. The van der Waals surface area contributed by atoms with Gasteiger partial charge in [0.15, 0.2) is 0 Å². The zero-order chi connectivity index (χ0) is 7.11. The third-order valence-corrected chi connectivity index (χ3v) is 1.18. The van der Waals surface area contributed by atoms with Gasteiger partial charge in [0.05, 0.1) is 0 Å². The number of rotatable bonds is 4. The lowest BCUT2D eigenvalue weighted by Crippen LogP contribution is -2.20. The van der Waals surface area contributed by atoms with Gasteiger partial charge in [0, 0.05) is 18.0 Å². The SMILES string of the molecule is CCN(C)CCN=[N+]=[N-]. The molecule has 52 valence electrons. The average Bonchev–Trinajstić information content (AvgIpc) is 1.89. The normalized spacial score (nSPS) is 9.22. The summed E-state index contributed by atoms with van der Waals surface area (Å²) in [5.74, 6) is 0. The van der Waals surface area contributed by atoms with Gasteiger partial charge < -0.3 is 4.90 Å². The number of azide groups is 1. The van der Waals surface area contributed by atoms with Gasteiger partial charge in [0.1, 0.15) is 0 Å². The van der Waals surface area contributed by atoms with Crippen LogP contribution < -0.4 is 0 Å². The van der Waals surface area contributed by atoms with Crippen LogP contribution in [0.15, 0.2) is 5.11 Å². The van der Waals surface area contributed by atoms with E-state index in [1.54, 1.807) is 0 Å². The van der Waals surface area contributed by atoms with Gasteiger partial charge in [0.25, 0.3) is 0 Å². The first-order valence-corrected chi connectivity index (χ1v) is 3.00. The molecule has 0 spiro atoms. The molecular formula is C5H12N4. The highest BCUT2D eigenvalue weighted by molar-refractivity contribution is 4.51. The van der Waals surface area contributed by atoms with Crippen LogP contribution in [0.2, 0.25) is 0 Å². The van der Waals surface area contributed by atoms with E-state index in [9.17, 15) is 0 Å². The lowest BCUT2D eigenvalue weighted by Gasteiger charge is -2.10. The summed E-state index contributed by atoms with van der Waals surface area (Å²) in [6, 6.07) is 0. The maximum Gasteiger partial charge on any atom is 0.0385 e. The molecule has 0 fully saturated rings. The van der Waals surface area contributed by atoms with Crippen LogP contribution in [0, 0.1) is 0 Å². The van der Waals surface area contributed by atoms with Crippen LogP contribution in [0.25, 0.3) is 10.4 Å². The average molecular weight is 128 g/mol. The molecule has 0 aromatic rings. The highest BCUT2D eigenvalue weighted by atomic mass is 15.2. The molecule has 0 bridgehead atoms. The fraction of sp³-hybridized carbons (Fsp3) is 1.00. The highest BCUT2D eigenvalue weighted by Crippen LogP contribution is 1.80. The Morgan fingerprint density at radius 1 is 1.67 bits per heavy atom. The van der Waals surface area contributed by atoms with Crippen molar-refractivity contribution in [1.82, 2.24) is 4.90 Å². The first-order chi connectivity index (χ1) is 4.31. The molecule has 0 heterocycles. The van der Waals surface area contributed by atoms with Gasteiger partial charge in [-0.1, -0.05) is 12.0 Å². The molecule has 4 nitrogen and oxygen atoms in total. The molecule has 0 N–H and O–H groups in total. The third-order valence-electron chi connectivity index (χ3n) is 1.18. The van der Waals surface area contributed by atoms with Crippen molar-refractivity contribution in [2.24, 2.45) is 5.11 Å². The molecule has 0 saturated heterocycles. The van der Waals surface area contributed by atoms with Gasteiger partial charge in [0.2, 0.25) is 0 Å². The topological polar surface area (TPSA) is 52.0 Å². The molecule has 0 unspecified atom stereocenters. The number of hydrogen-bond acceptors (Lipinski definition) is 2. The quantitative estimate of drug-likeness (QED) is 0.319. The Kier molecular flexibility index (Phi) is 4.97. The van der Waals surface area contributed by atoms with E-state index >= 15 is 0 Å². The molecule has 0 aliphatic heterocycles. The van der Waals surface area contributed by atoms with Crippen molar-refractivity contribution in [2.75, 3.05) is 26.7 Å². The van der Waals surface area contributed by atoms with Gasteiger partial charge in [-0.25, -0.2) is 0 Å². The lowest BCUT2D eigenvalue weighted by atomic mass is 10.5. The maximum absolute atomic E-state index is 7.89. The van der Waals surface area contributed by atoms with Crippen LogP contribution in [0.3, 0.4) is 0 Å². The molecule has 0 rings (SSSR count). The number of likely N-dealkylation sites (N-methyl/N-ethyl adjacent to an activating group) is 1. The highest BCUT2D eigenvalue weighted by Gasteiger charge is 1.89. The van der Waals surface area contributed by atoms with Gasteiger partial charge in [-0.05, 0) is 19.1 Å². The summed E-state index contributed by atoms with van der Waals surface area (Å²) in [6.45, 7) is 4.48. The first-order valence-electron chi connectivity index (χ1n) is 3.00. The summed E-state index contributed by atoms with van der Waals surface area (Å²) < 4.78 is 0. The maximum atomic E-state index is 7.89. The fourth-order valence-electron chi connectivity index (χ4n) is 0.418. The molecule has 0 aromatic heterocycles. The van der Waals surface area contributed by atoms with Gasteiger partial charge in [-0.3, -0.25) is 0 Å². The molecule has 0 radical (unpaired) electrons. The minimum absolute atomic E-state index is 0.570. The summed E-state index contributed by atoms with van der Waals surface area (Å²) >= 11 is 0. The Bertz CT molecular complexity index is 106. The molecule has 0 aliphatic carbocycles. The van der Waals surface area contributed by atoms with Gasteiger partial charge >= 0.3 is 0 Å². The van der Waals surface area contributed by atoms with Crippen molar-refractivity contribution >= 4 is 0 Å². The van der Waals surface area contributed by atoms with E-state index < -0.39 is 0 Å². The van der Waals surface area contributed by atoms with Crippen LogP contribution >= 0.6 is 0 Å². The second kappa shape index (κ2) is 5.41. The largest absolute Gasteiger partial charge is 0.307 e. The summed E-state index contributed by atoms with van der Waals surface area (Å²) in [5, 5.41) is 3.40. The number of hydrogen-bond donors (Lipinski definition) is 0. The Balaban J connectivity index is 3.16. The van der Waals surface area contributed by atoms with E-state index in [1.165, 1.54) is 0 Å². The summed E-state index contributed by atoms with van der Waals surface area (Å²) in [5.41, 5.74) is 7.89. The zero-order valence-corrected chi connectivity index (χ0v) is 5.91. The predicted molar refractivity (Wildman–Crippen MR) is 37.2 cm³/mol. The molecule has 0 atom stereocenters. The fourth-order valence-corrected chi connectivity index (χ4v) is 0.418. The second-order valence-electron chi connectivity index (χ2n) is 1.85. The van der Waals surface area contributed by atoms with E-state index in [0.29, 0.717) is 6.54 Å². The molecule has 4 heteroatoms. The molecule has 0 aromatic carbocycles. The third kappa shape index (κ3) is 5.14. The van der Waals surface area contributed by atoms with Crippen molar-refractivity contribution in [1.29, 1.82) is 0 Å². The van der Waals surface area contributed by atoms with E-state index in [2.05, 4.69) is 21.8 Å². The van der Waals surface area contributed by atoms with Crippen LogP contribution in [0.4, 0.5) is 0 Å². The van der Waals surface area contributed by atoms with Crippen LogP contribution in [0.5, 0.6) is 0 Å². The monoisotopic (exact) mass is 128 g/mol.